The molecular weight excluding hydrogens is 302 g/mol. The van der Waals surface area contributed by atoms with Gasteiger partial charge in [-0.1, -0.05) is 0 Å². The number of hydrogen-bond donors (Lipinski definition) is 3. The van der Waals surface area contributed by atoms with Crippen molar-refractivity contribution in [2.45, 2.75) is 25.7 Å². The zero-order valence-electron chi connectivity index (χ0n) is 11.0. The first-order valence-corrected chi connectivity index (χ1v) is 7.90. The van der Waals surface area contributed by atoms with E-state index in [1.54, 1.807) is 20.8 Å². The van der Waals surface area contributed by atoms with Gasteiger partial charge in [0.05, 0.1) is 17.1 Å². The highest BCUT2D eigenvalue weighted by atomic mass is 32.2. The van der Waals surface area contributed by atoms with Crippen molar-refractivity contribution in [1.29, 1.82) is 0 Å². The summed E-state index contributed by atoms with van der Waals surface area (Å²) in [6, 6.07) is 1.16. The fraction of sp³-hybridized carbons (Fsp3) is 0.273. The minimum atomic E-state index is -3.83. The number of H-pyrrole nitrogens is 1. The van der Waals surface area contributed by atoms with E-state index >= 15 is 0 Å². The zero-order valence-corrected chi connectivity index (χ0v) is 12.6. The van der Waals surface area contributed by atoms with Crippen LogP contribution in [0.4, 0.5) is 5.69 Å². The summed E-state index contributed by atoms with van der Waals surface area (Å²) in [5.74, 6) is -1.14. The number of aromatic amines is 1. The number of carbonyl (C=O) groups is 1. The summed E-state index contributed by atoms with van der Waals surface area (Å²) < 4.78 is 27.1. The van der Waals surface area contributed by atoms with E-state index in [9.17, 15) is 13.2 Å². The predicted molar refractivity (Wildman–Crippen MR) is 74.9 cm³/mol. The van der Waals surface area contributed by atoms with Crippen LogP contribution in [0.5, 0.6) is 0 Å². The second-order valence-corrected chi connectivity index (χ2v) is 7.16. The highest BCUT2D eigenvalue weighted by Gasteiger charge is 2.24. The number of anilines is 1. The van der Waals surface area contributed by atoms with Crippen molar-refractivity contribution in [2.24, 2.45) is 0 Å². The van der Waals surface area contributed by atoms with Crippen molar-refractivity contribution < 1.29 is 18.3 Å². The summed E-state index contributed by atoms with van der Waals surface area (Å²) in [6.07, 6.45) is 0. The van der Waals surface area contributed by atoms with Crippen molar-refractivity contribution in [3.63, 3.8) is 0 Å². The number of aromatic nitrogens is 2. The van der Waals surface area contributed by atoms with Gasteiger partial charge in [-0.2, -0.15) is 5.10 Å². The van der Waals surface area contributed by atoms with Gasteiger partial charge in [-0.25, -0.2) is 13.2 Å². The van der Waals surface area contributed by atoms with Crippen LogP contribution in [0.2, 0.25) is 0 Å². The van der Waals surface area contributed by atoms with E-state index in [-0.39, 0.29) is 9.77 Å². The smallest absolute Gasteiger partial charge is 0.345 e. The molecule has 2 rings (SSSR count). The van der Waals surface area contributed by atoms with Crippen LogP contribution in [0.15, 0.2) is 11.0 Å². The van der Waals surface area contributed by atoms with Crippen LogP contribution in [0, 0.1) is 20.8 Å². The summed E-state index contributed by atoms with van der Waals surface area (Å²) in [5, 5.41) is 15.5. The lowest BCUT2D eigenvalue weighted by Gasteiger charge is -2.07. The van der Waals surface area contributed by atoms with E-state index in [0.29, 0.717) is 22.0 Å². The molecule has 0 unspecified atom stereocenters. The standard InChI is InChI=1S/C11H13N3O4S2/c1-5-10(6(2)13-12-5)14-20(17,18)9-4-8(11(15)16)19-7(9)3/h4,14H,1-3H3,(H,12,13)(H,15,16). The number of hydrogen-bond acceptors (Lipinski definition) is 5. The molecule has 2 aromatic rings. The third-order valence-corrected chi connectivity index (χ3v) is 5.38. The summed E-state index contributed by atoms with van der Waals surface area (Å²) in [4.78, 5) is 11.3. The topological polar surface area (TPSA) is 112 Å². The SMILES string of the molecule is Cc1n[nH]c(C)c1NS(=O)(=O)c1cc(C(=O)O)sc1C. The maximum Gasteiger partial charge on any atom is 0.345 e. The number of thiophene rings is 1. The molecular formula is C11H13N3O4S2. The first kappa shape index (κ1) is 14.5. The van der Waals surface area contributed by atoms with Gasteiger partial charge in [0.1, 0.15) is 9.77 Å². The van der Waals surface area contributed by atoms with Gasteiger partial charge in [0.15, 0.2) is 0 Å². The Kier molecular flexibility index (Phi) is 3.57. The maximum absolute atomic E-state index is 12.3. The van der Waals surface area contributed by atoms with Crippen molar-refractivity contribution in [2.75, 3.05) is 4.72 Å². The van der Waals surface area contributed by atoms with Crippen LogP contribution in [0.25, 0.3) is 0 Å². The molecule has 7 nitrogen and oxygen atoms in total. The zero-order chi connectivity index (χ0) is 15.1. The normalized spacial score (nSPS) is 11.6. The molecule has 0 aliphatic rings. The fourth-order valence-electron chi connectivity index (χ4n) is 1.73. The van der Waals surface area contributed by atoms with Gasteiger partial charge >= 0.3 is 5.97 Å². The molecule has 0 aliphatic heterocycles. The molecule has 9 heteroatoms. The Bertz CT molecular complexity index is 754. The Balaban J connectivity index is 2.43. The van der Waals surface area contributed by atoms with Crippen LogP contribution in [0.3, 0.4) is 0 Å². The number of nitrogens with one attached hydrogen (secondary N) is 2. The van der Waals surface area contributed by atoms with E-state index < -0.39 is 16.0 Å². The number of nitrogens with zero attached hydrogens (tertiary/aromatic N) is 1. The van der Waals surface area contributed by atoms with Crippen LogP contribution >= 0.6 is 11.3 Å². The largest absolute Gasteiger partial charge is 0.477 e. The maximum atomic E-state index is 12.3. The molecule has 2 heterocycles. The second-order valence-electron chi connectivity index (χ2n) is 4.25. The fourth-order valence-corrected chi connectivity index (χ4v) is 4.34. The van der Waals surface area contributed by atoms with E-state index in [1.165, 1.54) is 0 Å². The van der Waals surface area contributed by atoms with Gasteiger partial charge in [0, 0.05) is 4.88 Å². The van der Waals surface area contributed by atoms with Crippen LogP contribution in [-0.4, -0.2) is 29.7 Å². The summed E-state index contributed by atoms with van der Waals surface area (Å²) in [6.45, 7) is 4.94. The molecule has 0 spiro atoms. The van der Waals surface area contributed by atoms with Crippen molar-refractivity contribution in [1.82, 2.24) is 10.2 Å². The van der Waals surface area contributed by atoms with Gasteiger partial charge in [-0.05, 0) is 26.8 Å². The molecule has 0 amide bonds. The average molecular weight is 315 g/mol. The first-order chi connectivity index (χ1) is 9.22. The van der Waals surface area contributed by atoms with Crippen LogP contribution < -0.4 is 4.72 Å². The average Bonchev–Trinajstić information content (AvgIpc) is 2.87. The van der Waals surface area contributed by atoms with Gasteiger partial charge in [-0.3, -0.25) is 9.82 Å². The Morgan fingerprint density at radius 3 is 2.50 bits per heavy atom. The van der Waals surface area contributed by atoms with Crippen LogP contribution in [-0.2, 0) is 10.0 Å². The van der Waals surface area contributed by atoms with Crippen molar-refractivity contribution >= 4 is 33.0 Å². The predicted octanol–water partition coefficient (Wildman–Crippen LogP) is 1.90. The van der Waals surface area contributed by atoms with Crippen molar-refractivity contribution in [3.8, 4) is 0 Å². The van der Waals surface area contributed by atoms with Crippen LogP contribution in [0.1, 0.15) is 25.9 Å². The molecule has 20 heavy (non-hydrogen) atoms. The lowest BCUT2D eigenvalue weighted by molar-refractivity contribution is 0.0702. The van der Waals surface area contributed by atoms with E-state index in [0.717, 1.165) is 17.4 Å². The van der Waals surface area contributed by atoms with E-state index in [2.05, 4.69) is 14.9 Å². The van der Waals surface area contributed by atoms with Gasteiger partial charge in [0.2, 0.25) is 0 Å². The monoisotopic (exact) mass is 315 g/mol. The third-order valence-electron chi connectivity index (χ3n) is 2.74. The van der Waals surface area contributed by atoms with E-state index in [1.807, 2.05) is 0 Å². The molecule has 0 saturated carbocycles. The highest BCUT2D eigenvalue weighted by molar-refractivity contribution is 7.93. The number of carboxylic acids is 1. The number of rotatable bonds is 4. The van der Waals surface area contributed by atoms with E-state index in [4.69, 9.17) is 5.11 Å². The Morgan fingerprint density at radius 2 is 2.05 bits per heavy atom. The molecule has 0 bridgehead atoms. The quantitative estimate of drug-likeness (QED) is 0.797. The Hall–Kier alpha value is -1.87. The minimum Gasteiger partial charge on any atom is -0.477 e. The molecule has 3 N–H and O–H groups in total. The van der Waals surface area contributed by atoms with Gasteiger partial charge in [-0.15, -0.1) is 11.3 Å². The molecule has 0 atom stereocenters. The van der Waals surface area contributed by atoms with Gasteiger partial charge in [0.25, 0.3) is 10.0 Å². The lowest BCUT2D eigenvalue weighted by Crippen LogP contribution is -2.14. The lowest BCUT2D eigenvalue weighted by atomic mass is 10.3. The summed E-state index contributed by atoms with van der Waals surface area (Å²) >= 11 is 0.928. The summed E-state index contributed by atoms with van der Waals surface area (Å²) in [7, 11) is -3.83. The molecule has 0 saturated heterocycles. The second kappa shape index (κ2) is 4.91. The number of aromatic carboxylic acids is 1. The molecule has 0 aromatic carbocycles. The molecule has 2 aromatic heterocycles. The van der Waals surface area contributed by atoms with Crippen molar-refractivity contribution in [3.05, 3.63) is 27.2 Å². The van der Waals surface area contributed by atoms with Gasteiger partial charge < -0.3 is 5.11 Å². The number of aryl methyl sites for hydroxylation is 3. The number of carboxylic acid groups (broad SMARTS) is 1. The molecule has 0 aliphatic carbocycles. The third kappa shape index (κ3) is 2.54. The highest BCUT2D eigenvalue weighted by Crippen LogP contribution is 2.28. The minimum absolute atomic E-state index is 0.0106. The Labute approximate surface area is 119 Å². The molecule has 0 radical (unpaired) electrons. The Morgan fingerprint density at radius 1 is 1.40 bits per heavy atom. The summed E-state index contributed by atoms with van der Waals surface area (Å²) in [5.41, 5.74) is 1.50. The number of sulfonamides is 1. The molecule has 108 valence electrons. The molecule has 0 fully saturated rings. The first-order valence-electron chi connectivity index (χ1n) is 5.60.